The van der Waals surface area contributed by atoms with E-state index in [-0.39, 0.29) is 64.4 Å². The maximum Gasteiger partial charge on any atom is 1.00 e. The summed E-state index contributed by atoms with van der Waals surface area (Å²) in [6, 6.07) is 6.69. The van der Waals surface area contributed by atoms with Crippen LogP contribution in [-0.2, 0) is 0 Å². The van der Waals surface area contributed by atoms with Crippen molar-refractivity contribution in [3.63, 3.8) is 0 Å². The molecule has 0 aliphatic rings. The molecule has 2 aromatic rings. The van der Waals surface area contributed by atoms with Gasteiger partial charge < -0.3 is 21.6 Å². The van der Waals surface area contributed by atoms with Crippen molar-refractivity contribution in [1.29, 1.82) is 0 Å². The molecule has 2 heterocycles. The van der Waals surface area contributed by atoms with Crippen LogP contribution in [-0.4, -0.2) is 9.38 Å². The summed E-state index contributed by atoms with van der Waals surface area (Å²) >= 11 is 0. The predicted molar refractivity (Wildman–Crippen MR) is 46.7 cm³/mol. The fourth-order valence-corrected chi connectivity index (χ4v) is 0.935. The van der Waals surface area contributed by atoms with Crippen molar-refractivity contribution in [3.8, 4) is 0 Å². The summed E-state index contributed by atoms with van der Waals surface area (Å²) in [6.07, 6.45) is 4.20. The maximum absolute atomic E-state index is 11.1. The van der Waals surface area contributed by atoms with Crippen molar-refractivity contribution in [2.45, 2.75) is 0 Å². The zero-order valence-electron chi connectivity index (χ0n) is 7.69. The van der Waals surface area contributed by atoms with Crippen LogP contribution in [0.15, 0.2) is 35.3 Å². The molecule has 13 heavy (non-hydrogen) atoms. The molecule has 0 saturated carbocycles. The van der Waals surface area contributed by atoms with E-state index in [4.69, 9.17) is 0 Å². The number of aromatic nitrogens is 2. The molecule has 2 rings (SSSR count). The Bertz CT molecular complexity index is 433. The number of hydrogen-bond donors (Lipinski definition) is 0. The summed E-state index contributed by atoms with van der Waals surface area (Å²) in [6.45, 7) is 0. The van der Waals surface area contributed by atoms with Crippen molar-refractivity contribution < 1.29 is 51.4 Å². The molecule has 0 bridgehead atoms. The topological polar surface area (TPSA) is 34.4 Å². The molecule has 62 valence electrons. The molecule has 2 aromatic heterocycles. The minimum Gasteiger partial charge on any atom is -0.376 e. The van der Waals surface area contributed by atoms with Gasteiger partial charge in [0.1, 0.15) is 5.56 Å². The number of hydrogen-bond acceptors (Lipinski definition) is 2. The predicted octanol–water partition coefficient (Wildman–Crippen LogP) is -2.05. The largest absolute Gasteiger partial charge is 1.00 e. The molecule has 0 unspecified atom stereocenters. The van der Waals surface area contributed by atoms with E-state index in [0.717, 1.165) is 0 Å². The maximum atomic E-state index is 11.1. The van der Waals surface area contributed by atoms with Gasteiger partial charge in [0.25, 0.3) is 0 Å². The average Bonchev–Trinajstić information content (AvgIpc) is 2.06. The first kappa shape index (κ1) is 13.0. The SMILES string of the molecule is O=c1c[c-]nc2ccccn12.[CH3-].[K+]. The van der Waals surface area contributed by atoms with E-state index in [0.29, 0.717) is 5.65 Å². The van der Waals surface area contributed by atoms with Gasteiger partial charge in [-0.05, 0) is 12.3 Å². The van der Waals surface area contributed by atoms with Crippen LogP contribution in [0.2, 0.25) is 0 Å². The van der Waals surface area contributed by atoms with Crippen molar-refractivity contribution in [1.82, 2.24) is 9.38 Å². The minimum absolute atomic E-state index is 0. The smallest absolute Gasteiger partial charge is 0.376 e. The second-order valence-corrected chi connectivity index (χ2v) is 2.15. The van der Waals surface area contributed by atoms with Crippen molar-refractivity contribution in [2.24, 2.45) is 0 Å². The van der Waals surface area contributed by atoms with Crippen molar-refractivity contribution >= 4 is 5.65 Å². The van der Waals surface area contributed by atoms with Gasteiger partial charge in [0.15, 0.2) is 0 Å². The van der Waals surface area contributed by atoms with Crippen molar-refractivity contribution in [3.05, 3.63) is 54.4 Å². The minimum atomic E-state index is -0.101. The summed E-state index contributed by atoms with van der Waals surface area (Å²) in [5.74, 6) is 0. The van der Waals surface area contributed by atoms with Gasteiger partial charge in [-0.2, -0.15) is 0 Å². The van der Waals surface area contributed by atoms with Crippen molar-refractivity contribution in [2.75, 3.05) is 0 Å². The van der Waals surface area contributed by atoms with Crippen LogP contribution in [0.25, 0.3) is 5.65 Å². The third-order valence-corrected chi connectivity index (χ3v) is 1.44. The van der Waals surface area contributed by atoms with Gasteiger partial charge in [-0.3, -0.25) is 0 Å². The van der Waals surface area contributed by atoms with E-state index in [1.807, 2.05) is 6.07 Å². The van der Waals surface area contributed by atoms with Gasteiger partial charge in [0.2, 0.25) is 0 Å². The van der Waals surface area contributed by atoms with Crippen LogP contribution in [0.1, 0.15) is 0 Å². The van der Waals surface area contributed by atoms with E-state index in [1.165, 1.54) is 10.5 Å². The molecule has 0 spiro atoms. The molecule has 4 heteroatoms. The first-order chi connectivity index (χ1) is 5.38. The Morgan fingerprint density at radius 1 is 1.38 bits per heavy atom. The summed E-state index contributed by atoms with van der Waals surface area (Å²) < 4.78 is 1.47. The number of pyridine rings is 1. The third-order valence-electron chi connectivity index (χ3n) is 1.44. The molecule has 0 atom stereocenters. The summed E-state index contributed by atoms with van der Waals surface area (Å²) in [5.41, 5.74) is 0.524. The standard InChI is InChI=1S/C8H5N2O.CH3.K/c11-8-4-5-9-7-3-1-2-6-10(7)8;;/h1-4,6H;1H3;/q2*-1;+1. The second-order valence-electron chi connectivity index (χ2n) is 2.15. The first-order valence-corrected chi connectivity index (χ1v) is 3.22. The molecule has 0 saturated heterocycles. The van der Waals surface area contributed by atoms with E-state index in [2.05, 4.69) is 11.2 Å². The zero-order valence-corrected chi connectivity index (χ0v) is 10.8. The zero-order chi connectivity index (χ0) is 7.68. The van der Waals surface area contributed by atoms with E-state index < -0.39 is 0 Å². The third kappa shape index (κ3) is 2.72. The normalized spacial score (nSPS) is 8.62. The molecule has 0 radical (unpaired) electrons. The molecule has 0 amide bonds. The Kier molecular flexibility index (Phi) is 5.67. The molecular weight excluding hydrogens is 191 g/mol. The van der Waals surface area contributed by atoms with E-state index in [1.54, 1.807) is 18.3 Å². The number of fused-ring (bicyclic) bond motifs is 1. The van der Waals surface area contributed by atoms with Gasteiger partial charge in [-0.1, -0.05) is 24.4 Å². The summed E-state index contributed by atoms with van der Waals surface area (Å²) in [5, 5.41) is 0. The first-order valence-electron chi connectivity index (χ1n) is 3.22. The van der Waals surface area contributed by atoms with E-state index in [9.17, 15) is 4.79 Å². The van der Waals surface area contributed by atoms with Crippen LogP contribution in [0.4, 0.5) is 0 Å². The number of nitrogens with zero attached hydrogens (tertiary/aromatic N) is 2. The van der Waals surface area contributed by atoms with Crippen LogP contribution in [0.5, 0.6) is 0 Å². The second kappa shape index (κ2) is 5.67. The fraction of sp³-hybridized carbons (Fsp3) is 0. The monoisotopic (exact) mass is 199 g/mol. The van der Waals surface area contributed by atoms with Crippen LogP contribution >= 0.6 is 0 Å². The molecule has 0 aliphatic heterocycles. The Morgan fingerprint density at radius 3 is 2.85 bits per heavy atom. The fourth-order valence-electron chi connectivity index (χ4n) is 0.935. The molecule has 0 N–H and O–H groups in total. The Hall–Kier alpha value is -0.00364. The van der Waals surface area contributed by atoms with Gasteiger partial charge in [-0.15, -0.1) is 0 Å². The Balaban J connectivity index is 0.000000720. The number of rotatable bonds is 0. The van der Waals surface area contributed by atoms with Gasteiger partial charge in [0, 0.05) is 5.65 Å². The van der Waals surface area contributed by atoms with E-state index >= 15 is 0 Å². The molecule has 0 fully saturated rings. The summed E-state index contributed by atoms with van der Waals surface area (Å²) in [7, 11) is 0. The quantitative estimate of drug-likeness (QED) is 0.361. The molecular formula is C9H8KN2O-. The van der Waals surface area contributed by atoms with Gasteiger partial charge >= 0.3 is 51.4 Å². The Morgan fingerprint density at radius 2 is 2.15 bits per heavy atom. The van der Waals surface area contributed by atoms with Gasteiger partial charge in [-0.25, -0.2) is 0 Å². The summed E-state index contributed by atoms with van der Waals surface area (Å²) in [4.78, 5) is 15.0. The van der Waals surface area contributed by atoms with Gasteiger partial charge in [0.05, 0.1) is 0 Å². The van der Waals surface area contributed by atoms with Crippen LogP contribution in [0, 0.1) is 13.6 Å². The average molecular weight is 199 g/mol. The molecule has 0 aliphatic carbocycles. The Labute approximate surface area is 119 Å². The molecule has 0 aromatic carbocycles. The van der Waals surface area contributed by atoms with Crippen LogP contribution < -0.4 is 56.9 Å². The molecule has 3 nitrogen and oxygen atoms in total. The van der Waals surface area contributed by atoms with Crippen LogP contribution in [0.3, 0.4) is 0 Å².